The maximum Gasteiger partial charge on any atom is 0.231 e. The summed E-state index contributed by atoms with van der Waals surface area (Å²) in [6.07, 6.45) is 6.22. The summed E-state index contributed by atoms with van der Waals surface area (Å²) in [6.45, 7) is 6.22. The summed E-state index contributed by atoms with van der Waals surface area (Å²) in [7, 11) is 3.89. The first-order valence-electron chi connectivity index (χ1n) is 8.00. The van der Waals surface area contributed by atoms with Crippen molar-refractivity contribution in [3.63, 3.8) is 0 Å². The van der Waals surface area contributed by atoms with Gasteiger partial charge in [0, 0.05) is 27.2 Å². The maximum atomic E-state index is 4.49. The fraction of sp³-hybridized carbons (Fsp3) is 0.800. The predicted molar refractivity (Wildman–Crippen MR) is 88.0 cm³/mol. The largest absolute Gasteiger partial charge is 0.354 e. The Kier molecular flexibility index (Phi) is 5.20. The Labute approximate surface area is 127 Å². The van der Waals surface area contributed by atoms with Crippen LogP contribution in [0.25, 0.3) is 0 Å². The predicted octanol–water partition coefficient (Wildman–Crippen LogP) is 2.75. The minimum Gasteiger partial charge on any atom is -0.354 e. The van der Waals surface area contributed by atoms with E-state index in [-0.39, 0.29) is 0 Å². The van der Waals surface area contributed by atoms with Crippen molar-refractivity contribution in [1.82, 2.24) is 15.0 Å². The smallest absolute Gasteiger partial charge is 0.231 e. The van der Waals surface area contributed by atoms with Crippen LogP contribution in [0.15, 0.2) is 0 Å². The molecular formula is C15H28N6. The minimum absolute atomic E-state index is 0.446. The number of anilines is 3. The molecule has 1 heterocycles. The third-order valence-electron chi connectivity index (χ3n) is 4.34. The van der Waals surface area contributed by atoms with Crippen LogP contribution in [0.4, 0.5) is 17.8 Å². The van der Waals surface area contributed by atoms with E-state index in [1.807, 2.05) is 19.0 Å². The highest BCUT2D eigenvalue weighted by molar-refractivity contribution is 5.43. The molecule has 118 valence electrons. The second-order valence-electron chi connectivity index (χ2n) is 6.16. The Balaban J connectivity index is 2.07. The van der Waals surface area contributed by atoms with E-state index in [0.29, 0.717) is 23.3 Å². The number of hydrogen-bond acceptors (Lipinski definition) is 6. The second-order valence-corrected chi connectivity index (χ2v) is 6.16. The summed E-state index contributed by atoms with van der Waals surface area (Å²) in [6, 6.07) is 0. The normalized spacial score (nSPS) is 16.2. The van der Waals surface area contributed by atoms with E-state index < -0.39 is 0 Å². The van der Waals surface area contributed by atoms with Gasteiger partial charge in [0.15, 0.2) is 0 Å². The van der Waals surface area contributed by atoms with Crippen molar-refractivity contribution in [3.05, 3.63) is 0 Å². The standard InChI is InChI=1S/C15H28N6/c1-5-10-16-12-18-13(20-14(19-12)21(3)4)17-11-15(6-2)8-7-9-15/h5-11H2,1-4H3,(H2,16,17,18,19,20). The van der Waals surface area contributed by atoms with Crippen molar-refractivity contribution >= 4 is 17.8 Å². The monoisotopic (exact) mass is 292 g/mol. The van der Waals surface area contributed by atoms with E-state index in [4.69, 9.17) is 0 Å². The van der Waals surface area contributed by atoms with E-state index in [2.05, 4.69) is 39.4 Å². The third-order valence-corrected chi connectivity index (χ3v) is 4.34. The number of nitrogens with one attached hydrogen (secondary N) is 2. The van der Waals surface area contributed by atoms with Crippen LogP contribution in [0.1, 0.15) is 46.0 Å². The van der Waals surface area contributed by atoms with Crippen LogP contribution >= 0.6 is 0 Å². The Hall–Kier alpha value is -1.59. The van der Waals surface area contributed by atoms with E-state index in [1.165, 1.54) is 25.7 Å². The Morgan fingerprint density at radius 1 is 1.05 bits per heavy atom. The van der Waals surface area contributed by atoms with Crippen LogP contribution in [0.2, 0.25) is 0 Å². The highest BCUT2D eigenvalue weighted by Crippen LogP contribution is 2.43. The van der Waals surface area contributed by atoms with Gasteiger partial charge in [0.1, 0.15) is 0 Å². The van der Waals surface area contributed by atoms with Crippen LogP contribution in [-0.2, 0) is 0 Å². The summed E-state index contributed by atoms with van der Waals surface area (Å²) < 4.78 is 0. The fourth-order valence-corrected chi connectivity index (χ4v) is 2.56. The van der Waals surface area contributed by atoms with E-state index >= 15 is 0 Å². The van der Waals surface area contributed by atoms with Gasteiger partial charge in [0.05, 0.1) is 0 Å². The molecule has 1 saturated carbocycles. The molecule has 0 spiro atoms. The van der Waals surface area contributed by atoms with Gasteiger partial charge in [-0.2, -0.15) is 15.0 Å². The molecule has 21 heavy (non-hydrogen) atoms. The quantitative estimate of drug-likeness (QED) is 0.768. The zero-order valence-corrected chi connectivity index (χ0v) is 13.7. The van der Waals surface area contributed by atoms with Crippen LogP contribution in [0.5, 0.6) is 0 Å². The van der Waals surface area contributed by atoms with Gasteiger partial charge in [-0.1, -0.05) is 20.3 Å². The van der Waals surface area contributed by atoms with Gasteiger partial charge in [0.2, 0.25) is 17.8 Å². The molecule has 1 aliphatic carbocycles. The minimum atomic E-state index is 0.446. The Morgan fingerprint density at radius 2 is 1.71 bits per heavy atom. The highest BCUT2D eigenvalue weighted by Gasteiger charge is 2.34. The molecule has 0 aromatic carbocycles. The van der Waals surface area contributed by atoms with Gasteiger partial charge in [-0.25, -0.2) is 0 Å². The van der Waals surface area contributed by atoms with Crippen LogP contribution < -0.4 is 15.5 Å². The first-order chi connectivity index (χ1) is 10.1. The molecule has 2 N–H and O–H groups in total. The lowest BCUT2D eigenvalue weighted by molar-refractivity contribution is 0.144. The van der Waals surface area contributed by atoms with Crippen molar-refractivity contribution in [2.24, 2.45) is 5.41 Å². The van der Waals surface area contributed by atoms with Crippen LogP contribution in [0, 0.1) is 5.41 Å². The SMILES string of the molecule is CCCNc1nc(NCC2(CC)CCC2)nc(N(C)C)n1. The zero-order valence-electron chi connectivity index (χ0n) is 13.7. The van der Waals surface area contributed by atoms with Gasteiger partial charge in [0.25, 0.3) is 0 Å². The summed E-state index contributed by atoms with van der Waals surface area (Å²) in [5.74, 6) is 2.01. The van der Waals surface area contributed by atoms with Gasteiger partial charge >= 0.3 is 0 Å². The molecular weight excluding hydrogens is 264 g/mol. The average Bonchev–Trinajstić information content (AvgIpc) is 2.44. The third kappa shape index (κ3) is 3.95. The molecule has 1 fully saturated rings. The number of aromatic nitrogens is 3. The number of hydrogen-bond donors (Lipinski definition) is 2. The molecule has 0 aliphatic heterocycles. The fourth-order valence-electron chi connectivity index (χ4n) is 2.56. The molecule has 6 nitrogen and oxygen atoms in total. The van der Waals surface area contributed by atoms with Crippen molar-refractivity contribution in [3.8, 4) is 0 Å². The lowest BCUT2D eigenvalue weighted by Crippen LogP contribution is -2.36. The van der Waals surface area contributed by atoms with Gasteiger partial charge in [-0.3, -0.25) is 0 Å². The molecule has 0 atom stereocenters. The first kappa shape index (κ1) is 15.8. The lowest BCUT2D eigenvalue weighted by Gasteiger charge is -2.41. The van der Waals surface area contributed by atoms with Crippen molar-refractivity contribution < 1.29 is 0 Å². The molecule has 0 amide bonds. The average molecular weight is 292 g/mol. The number of nitrogens with zero attached hydrogens (tertiary/aromatic N) is 4. The molecule has 2 rings (SSSR count). The Bertz CT molecular complexity index is 450. The van der Waals surface area contributed by atoms with Gasteiger partial charge in [-0.05, 0) is 31.1 Å². The van der Waals surface area contributed by atoms with Crippen molar-refractivity contribution in [1.29, 1.82) is 0 Å². The molecule has 1 aromatic rings. The summed E-state index contributed by atoms with van der Waals surface area (Å²) in [4.78, 5) is 15.3. The maximum absolute atomic E-state index is 4.49. The summed E-state index contributed by atoms with van der Waals surface area (Å²) in [5, 5.41) is 6.66. The van der Waals surface area contributed by atoms with Gasteiger partial charge < -0.3 is 15.5 Å². The van der Waals surface area contributed by atoms with E-state index in [1.54, 1.807) is 0 Å². The van der Waals surface area contributed by atoms with Crippen LogP contribution in [-0.4, -0.2) is 42.1 Å². The Morgan fingerprint density at radius 3 is 2.19 bits per heavy atom. The summed E-state index contributed by atoms with van der Waals surface area (Å²) >= 11 is 0. The lowest BCUT2D eigenvalue weighted by atomic mass is 9.67. The summed E-state index contributed by atoms with van der Waals surface area (Å²) in [5.41, 5.74) is 0.446. The molecule has 1 aliphatic rings. The molecule has 0 saturated heterocycles. The first-order valence-corrected chi connectivity index (χ1v) is 8.00. The van der Waals surface area contributed by atoms with Crippen molar-refractivity contribution in [2.75, 3.05) is 42.7 Å². The second kappa shape index (κ2) is 6.91. The molecule has 6 heteroatoms. The van der Waals surface area contributed by atoms with E-state index in [9.17, 15) is 0 Å². The zero-order chi connectivity index (χ0) is 15.3. The van der Waals surface area contributed by atoms with Crippen LogP contribution in [0.3, 0.4) is 0 Å². The van der Waals surface area contributed by atoms with Crippen molar-refractivity contribution in [2.45, 2.75) is 46.0 Å². The highest BCUT2D eigenvalue weighted by atomic mass is 15.3. The molecule has 0 unspecified atom stereocenters. The molecule has 0 bridgehead atoms. The topological polar surface area (TPSA) is 66.0 Å². The van der Waals surface area contributed by atoms with E-state index in [0.717, 1.165) is 19.5 Å². The van der Waals surface area contributed by atoms with Gasteiger partial charge in [-0.15, -0.1) is 0 Å². The molecule has 0 radical (unpaired) electrons. The number of rotatable bonds is 8. The molecule has 1 aromatic heterocycles.